The Morgan fingerprint density at radius 1 is 0.812 bits per heavy atom. The Kier molecular flexibility index (Phi) is 6.81. The van der Waals surface area contributed by atoms with E-state index in [-0.39, 0.29) is 17.8 Å². The molecule has 1 fully saturated rings. The Hall–Kier alpha value is -3.65. The zero-order valence-electron chi connectivity index (χ0n) is 17.4. The second kappa shape index (κ2) is 10.1. The van der Waals surface area contributed by atoms with Crippen molar-refractivity contribution in [3.63, 3.8) is 0 Å². The maximum atomic E-state index is 13.0. The highest BCUT2D eigenvalue weighted by molar-refractivity contribution is 7.12. The van der Waals surface area contributed by atoms with Gasteiger partial charge < -0.3 is 20.9 Å². The molecule has 164 valence electrons. The number of benzene rings is 2. The molecule has 0 bridgehead atoms. The summed E-state index contributed by atoms with van der Waals surface area (Å²) in [4.78, 5) is 40.4. The highest BCUT2D eigenvalue weighted by atomic mass is 32.1. The van der Waals surface area contributed by atoms with Gasteiger partial charge in [-0.1, -0.05) is 30.3 Å². The lowest BCUT2D eigenvalue weighted by molar-refractivity contribution is -0.121. The monoisotopic (exact) mass is 448 g/mol. The second-order valence-electron chi connectivity index (χ2n) is 7.50. The smallest absolute Gasteiger partial charge is 0.323 e. The summed E-state index contributed by atoms with van der Waals surface area (Å²) in [6.45, 7) is 0.566. The molecule has 0 aliphatic carbocycles. The molecule has 32 heavy (non-hydrogen) atoms. The Balaban J connectivity index is 1.40. The molecule has 1 aliphatic heterocycles. The average molecular weight is 449 g/mol. The van der Waals surface area contributed by atoms with Gasteiger partial charge in [-0.15, -0.1) is 11.3 Å². The van der Waals surface area contributed by atoms with Crippen LogP contribution in [0.5, 0.6) is 0 Å². The predicted molar refractivity (Wildman–Crippen MR) is 127 cm³/mol. The molecule has 4 rings (SSSR count). The molecule has 1 unspecified atom stereocenters. The van der Waals surface area contributed by atoms with Crippen LogP contribution in [0, 0.1) is 0 Å². The first-order valence-corrected chi connectivity index (χ1v) is 11.4. The van der Waals surface area contributed by atoms with Crippen LogP contribution < -0.4 is 16.0 Å². The molecule has 3 aromatic rings. The number of hydrogen-bond acceptors (Lipinski definition) is 4. The predicted octanol–water partition coefficient (Wildman–Crippen LogP) is 5.03. The van der Waals surface area contributed by atoms with Crippen LogP contribution in [0.2, 0.25) is 0 Å². The number of rotatable bonds is 5. The fraction of sp³-hybridized carbons (Fsp3) is 0.208. The van der Waals surface area contributed by atoms with E-state index in [9.17, 15) is 14.4 Å². The first-order chi connectivity index (χ1) is 15.6. The van der Waals surface area contributed by atoms with Gasteiger partial charge in [-0.2, -0.15) is 0 Å². The van der Waals surface area contributed by atoms with Crippen molar-refractivity contribution in [2.75, 3.05) is 22.5 Å². The lowest BCUT2D eigenvalue weighted by Gasteiger charge is -2.34. The van der Waals surface area contributed by atoms with Crippen LogP contribution in [0.15, 0.2) is 72.1 Å². The second-order valence-corrected chi connectivity index (χ2v) is 8.45. The summed E-state index contributed by atoms with van der Waals surface area (Å²) < 4.78 is 0. The molecule has 2 aromatic carbocycles. The van der Waals surface area contributed by atoms with Crippen LogP contribution in [-0.4, -0.2) is 35.3 Å². The van der Waals surface area contributed by atoms with Gasteiger partial charge in [0.2, 0.25) is 5.91 Å². The van der Waals surface area contributed by atoms with Crippen LogP contribution in [-0.2, 0) is 4.79 Å². The van der Waals surface area contributed by atoms with Crippen molar-refractivity contribution in [1.82, 2.24) is 4.90 Å². The largest absolute Gasteiger partial charge is 0.326 e. The van der Waals surface area contributed by atoms with E-state index in [1.54, 1.807) is 47.4 Å². The molecule has 1 atom stereocenters. The van der Waals surface area contributed by atoms with E-state index in [0.717, 1.165) is 12.8 Å². The fourth-order valence-corrected chi connectivity index (χ4v) is 4.38. The first-order valence-electron chi connectivity index (χ1n) is 10.5. The van der Waals surface area contributed by atoms with Gasteiger partial charge in [-0.25, -0.2) is 4.79 Å². The zero-order valence-corrected chi connectivity index (χ0v) is 18.2. The number of anilines is 3. The molecular formula is C24H24N4O3S. The van der Waals surface area contributed by atoms with Crippen molar-refractivity contribution < 1.29 is 14.4 Å². The lowest BCUT2D eigenvalue weighted by Crippen LogP contribution is -2.49. The maximum absolute atomic E-state index is 13.0. The van der Waals surface area contributed by atoms with Crippen LogP contribution in [0.3, 0.4) is 0 Å². The Labute approximate surface area is 190 Å². The number of nitrogens with one attached hydrogen (secondary N) is 3. The molecule has 0 radical (unpaired) electrons. The van der Waals surface area contributed by atoms with Crippen molar-refractivity contribution in [3.05, 3.63) is 77.0 Å². The number of para-hydroxylation sites is 1. The molecule has 3 N–H and O–H groups in total. The number of hydrogen-bond donors (Lipinski definition) is 3. The summed E-state index contributed by atoms with van der Waals surface area (Å²) >= 11 is 1.38. The van der Waals surface area contributed by atoms with Crippen molar-refractivity contribution in [1.29, 1.82) is 0 Å². The number of urea groups is 1. The quantitative estimate of drug-likeness (QED) is 0.512. The van der Waals surface area contributed by atoms with Crippen LogP contribution in [0.4, 0.5) is 21.9 Å². The molecule has 0 saturated carbocycles. The minimum absolute atomic E-state index is 0.104. The minimum atomic E-state index is -0.517. The Bertz CT molecular complexity index is 1090. The third kappa shape index (κ3) is 5.33. The van der Waals surface area contributed by atoms with Gasteiger partial charge in [0.15, 0.2) is 0 Å². The topological polar surface area (TPSA) is 90.5 Å². The van der Waals surface area contributed by atoms with Gasteiger partial charge in [0.1, 0.15) is 6.04 Å². The maximum Gasteiger partial charge on any atom is 0.323 e. The van der Waals surface area contributed by atoms with Crippen LogP contribution in [0.1, 0.15) is 28.9 Å². The van der Waals surface area contributed by atoms with Gasteiger partial charge in [0, 0.05) is 23.6 Å². The van der Waals surface area contributed by atoms with Crippen molar-refractivity contribution in [3.8, 4) is 0 Å². The van der Waals surface area contributed by atoms with E-state index in [2.05, 4.69) is 16.0 Å². The molecule has 0 spiro atoms. The van der Waals surface area contributed by atoms with E-state index in [1.165, 1.54) is 11.3 Å². The number of thiophene rings is 1. The number of piperidine rings is 1. The summed E-state index contributed by atoms with van der Waals surface area (Å²) in [5.74, 6) is -0.326. The van der Waals surface area contributed by atoms with E-state index in [4.69, 9.17) is 0 Å². The highest BCUT2D eigenvalue weighted by Crippen LogP contribution is 2.24. The van der Waals surface area contributed by atoms with Crippen LogP contribution in [0.25, 0.3) is 0 Å². The van der Waals surface area contributed by atoms with Crippen molar-refractivity contribution in [2.45, 2.75) is 25.3 Å². The van der Waals surface area contributed by atoms with Gasteiger partial charge in [0.05, 0.1) is 4.88 Å². The molecule has 1 aliphatic rings. The highest BCUT2D eigenvalue weighted by Gasteiger charge is 2.33. The molecule has 8 heteroatoms. The normalized spacial score (nSPS) is 15.6. The van der Waals surface area contributed by atoms with E-state index in [1.807, 2.05) is 29.6 Å². The summed E-state index contributed by atoms with van der Waals surface area (Å²) in [6.07, 6.45) is 2.41. The number of nitrogens with zero attached hydrogens (tertiary/aromatic N) is 1. The van der Waals surface area contributed by atoms with Gasteiger partial charge in [-0.05, 0) is 61.0 Å². The molecule has 1 aromatic heterocycles. The van der Waals surface area contributed by atoms with Gasteiger partial charge in [0.25, 0.3) is 5.91 Å². The van der Waals surface area contributed by atoms with E-state index >= 15 is 0 Å². The summed E-state index contributed by atoms with van der Waals surface area (Å²) in [7, 11) is 0. The summed E-state index contributed by atoms with van der Waals surface area (Å²) in [5.41, 5.74) is 1.79. The van der Waals surface area contributed by atoms with Crippen molar-refractivity contribution in [2.24, 2.45) is 0 Å². The molecule has 1 saturated heterocycles. The summed E-state index contributed by atoms with van der Waals surface area (Å²) in [5, 5.41) is 10.3. The van der Waals surface area contributed by atoms with Gasteiger partial charge in [-0.3, -0.25) is 9.59 Å². The number of carbonyl (C=O) groups is 3. The number of likely N-dealkylation sites (tertiary alicyclic amines) is 1. The number of amides is 4. The molecule has 2 heterocycles. The third-order valence-electron chi connectivity index (χ3n) is 5.22. The minimum Gasteiger partial charge on any atom is -0.326 e. The molecular weight excluding hydrogens is 424 g/mol. The Morgan fingerprint density at radius 3 is 2.28 bits per heavy atom. The summed E-state index contributed by atoms with van der Waals surface area (Å²) in [6, 6.07) is 18.8. The van der Waals surface area contributed by atoms with Crippen molar-refractivity contribution >= 4 is 46.2 Å². The lowest BCUT2D eigenvalue weighted by atomic mass is 10.0. The van der Waals surface area contributed by atoms with Crippen LogP contribution >= 0.6 is 11.3 Å². The fourth-order valence-electron chi connectivity index (χ4n) is 3.70. The first kappa shape index (κ1) is 21.6. The van der Waals surface area contributed by atoms with E-state index < -0.39 is 6.04 Å². The van der Waals surface area contributed by atoms with Gasteiger partial charge >= 0.3 is 6.03 Å². The standard InChI is InChI=1S/C24H24N4O3S/c29-22(20-12-4-5-14-28(20)23(30)21-13-7-15-32-21)25-18-10-6-11-19(16-18)27-24(31)26-17-8-2-1-3-9-17/h1-3,6-11,13,15-16,20H,4-5,12,14H2,(H,25,29)(H2,26,27,31). The van der Waals surface area contributed by atoms with E-state index in [0.29, 0.717) is 34.9 Å². The molecule has 4 amide bonds. The zero-order chi connectivity index (χ0) is 22.3. The third-order valence-corrected chi connectivity index (χ3v) is 6.08. The number of carbonyl (C=O) groups excluding carboxylic acids is 3. The average Bonchev–Trinajstić information content (AvgIpc) is 3.34. The molecule has 7 nitrogen and oxygen atoms in total. The SMILES string of the molecule is O=C(Nc1ccccc1)Nc1cccc(NC(=O)C2CCCCN2C(=O)c2cccs2)c1. The Morgan fingerprint density at radius 2 is 1.53 bits per heavy atom.